The minimum absolute atomic E-state index is 0.694. The van der Waals surface area contributed by atoms with Crippen molar-refractivity contribution in [3.05, 3.63) is 37.5 Å². The van der Waals surface area contributed by atoms with Crippen LogP contribution in [0.3, 0.4) is 0 Å². The second-order valence-electron chi connectivity index (χ2n) is 3.67. The molecule has 2 fully saturated rings. The number of nitrogens with one attached hydrogen (secondary N) is 1. The van der Waals surface area contributed by atoms with Gasteiger partial charge in [0.25, 0.3) is 0 Å². The average Bonchev–Trinajstić information content (AvgIpc) is 2.72. The van der Waals surface area contributed by atoms with Crippen molar-refractivity contribution in [3.63, 3.8) is 0 Å². The zero-order chi connectivity index (χ0) is 9.57. The molecule has 2 rings (SSSR count). The maximum atomic E-state index is 3.51. The first-order valence-corrected chi connectivity index (χ1v) is 4.98. The molecule has 0 aromatic heterocycles. The van der Waals surface area contributed by atoms with Gasteiger partial charge in [0.05, 0.1) is 0 Å². The lowest BCUT2D eigenvalue weighted by Gasteiger charge is -2.01. The Bertz CT molecular complexity index is 181. The number of allylic oxidation sites excluding steroid dienone is 4. The molecule has 1 aliphatic carbocycles. The fourth-order valence-electron chi connectivity index (χ4n) is 1.60. The molecule has 72 valence electrons. The Balaban J connectivity index is 0.000000133. The van der Waals surface area contributed by atoms with E-state index in [0.717, 1.165) is 0 Å². The van der Waals surface area contributed by atoms with Gasteiger partial charge < -0.3 is 5.32 Å². The van der Waals surface area contributed by atoms with Gasteiger partial charge in [-0.3, -0.25) is 0 Å². The summed E-state index contributed by atoms with van der Waals surface area (Å²) in [6.45, 7) is 8.20. The second-order valence-corrected chi connectivity index (χ2v) is 3.67. The molecule has 0 aromatic rings. The highest BCUT2D eigenvalue weighted by Crippen LogP contribution is 2.42. The molecule has 13 heavy (non-hydrogen) atoms. The quantitative estimate of drug-likeness (QED) is 0.639. The minimum Gasteiger partial charge on any atom is -0.311 e. The van der Waals surface area contributed by atoms with E-state index < -0.39 is 0 Å². The first-order chi connectivity index (χ1) is 6.33. The molecule has 0 unspecified atom stereocenters. The zero-order valence-corrected chi connectivity index (χ0v) is 8.26. The summed E-state index contributed by atoms with van der Waals surface area (Å²) in [5.41, 5.74) is 0.694. The third-order valence-corrected chi connectivity index (χ3v) is 2.57. The van der Waals surface area contributed by atoms with Gasteiger partial charge in [-0.2, -0.15) is 0 Å². The van der Waals surface area contributed by atoms with Crippen LogP contribution >= 0.6 is 0 Å². The molecule has 1 aliphatic heterocycles. The Labute approximate surface area is 81.2 Å². The number of hydrogen-bond acceptors (Lipinski definition) is 1. The largest absolute Gasteiger partial charge is 0.311 e. The van der Waals surface area contributed by atoms with E-state index in [0.29, 0.717) is 5.54 Å². The van der Waals surface area contributed by atoms with Crippen molar-refractivity contribution in [2.45, 2.75) is 31.2 Å². The highest BCUT2D eigenvalue weighted by atomic mass is 15.0. The number of hydrogen-bond donors (Lipinski definition) is 1. The predicted molar refractivity (Wildman–Crippen MR) is 58.7 cm³/mol. The molecule has 1 N–H and O–H groups in total. The molecule has 1 heteroatoms. The van der Waals surface area contributed by atoms with E-state index in [4.69, 9.17) is 0 Å². The normalized spacial score (nSPS) is 22.5. The standard InChI is InChI=1S/C6H11N.C6H8/c1-2-6(3-4-6)7-5-1;1-3-5-6-4-2/h7H,1-5H2;3-6H,1-2H2/b;6-5-. The van der Waals surface area contributed by atoms with Crippen molar-refractivity contribution < 1.29 is 0 Å². The molecular formula is C12H19N. The number of rotatable bonds is 2. The molecule has 0 bridgehead atoms. The van der Waals surface area contributed by atoms with E-state index >= 15 is 0 Å². The summed E-state index contributed by atoms with van der Waals surface area (Å²) in [5.74, 6) is 0. The molecule has 2 aliphatic rings. The molecule has 1 nitrogen and oxygen atoms in total. The summed E-state index contributed by atoms with van der Waals surface area (Å²) in [6.07, 6.45) is 12.8. The van der Waals surface area contributed by atoms with E-state index in [9.17, 15) is 0 Å². The zero-order valence-electron chi connectivity index (χ0n) is 8.26. The van der Waals surface area contributed by atoms with Crippen LogP contribution in [0.1, 0.15) is 25.7 Å². The van der Waals surface area contributed by atoms with Crippen molar-refractivity contribution in [2.75, 3.05) is 6.54 Å². The predicted octanol–water partition coefficient (Wildman–Crippen LogP) is 2.82. The molecule has 1 spiro atoms. The molecular weight excluding hydrogens is 158 g/mol. The van der Waals surface area contributed by atoms with E-state index in [1.54, 1.807) is 12.2 Å². The van der Waals surface area contributed by atoms with Crippen LogP contribution in [-0.2, 0) is 0 Å². The van der Waals surface area contributed by atoms with E-state index in [1.807, 2.05) is 12.2 Å². The Morgan fingerprint density at radius 3 is 1.85 bits per heavy atom. The van der Waals surface area contributed by atoms with Gasteiger partial charge in [0.2, 0.25) is 0 Å². The van der Waals surface area contributed by atoms with Crippen molar-refractivity contribution in [3.8, 4) is 0 Å². The summed E-state index contributed by atoms with van der Waals surface area (Å²) in [5, 5.41) is 3.51. The highest BCUT2D eigenvalue weighted by Gasteiger charge is 2.43. The van der Waals surface area contributed by atoms with Crippen LogP contribution in [0, 0.1) is 0 Å². The van der Waals surface area contributed by atoms with Crippen molar-refractivity contribution in [1.29, 1.82) is 0 Å². The lowest BCUT2D eigenvalue weighted by molar-refractivity contribution is 0.601. The third kappa shape index (κ3) is 3.60. The SMILES string of the molecule is C1CNC2(C1)CC2.C=C/C=C\C=C. The van der Waals surface area contributed by atoms with Crippen LogP contribution < -0.4 is 5.32 Å². The van der Waals surface area contributed by atoms with Gasteiger partial charge in [0, 0.05) is 5.54 Å². The van der Waals surface area contributed by atoms with Gasteiger partial charge in [-0.1, -0.05) is 37.5 Å². The molecule has 1 heterocycles. The maximum Gasteiger partial charge on any atom is 0.0183 e. The smallest absolute Gasteiger partial charge is 0.0183 e. The van der Waals surface area contributed by atoms with E-state index in [1.165, 1.54) is 32.2 Å². The second kappa shape index (κ2) is 5.03. The Morgan fingerprint density at radius 1 is 1.00 bits per heavy atom. The van der Waals surface area contributed by atoms with Gasteiger partial charge in [-0.05, 0) is 32.2 Å². The third-order valence-electron chi connectivity index (χ3n) is 2.57. The Kier molecular flexibility index (Phi) is 3.97. The van der Waals surface area contributed by atoms with Gasteiger partial charge >= 0.3 is 0 Å². The highest BCUT2D eigenvalue weighted by molar-refractivity contribution is 5.05. The summed E-state index contributed by atoms with van der Waals surface area (Å²) in [7, 11) is 0. The van der Waals surface area contributed by atoms with Crippen LogP contribution in [0.5, 0.6) is 0 Å². The van der Waals surface area contributed by atoms with Gasteiger partial charge in [0.1, 0.15) is 0 Å². The van der Waals surface area contributed by atoms with Crippen LogP contribution in [0.2, 0.25) is 0 Å². The average molecular weight is 177 g/mol. The van der Waals surface area contributed by atoms with Crippen LogP contribution in [0.15, 0.2) is 37.5 Å². The fraction of sp³-hybridized carbons (Fsp3) is 0.500. The lowest BCUT2D eigenvalue weighted by atomic mass is 10.2. The van der Waals surface area contributed by atoms with Gasteiger partial charge in [-0.25, -0.2) is 0 Å². The van der Waals surface area contributed by atoms with Crippen LogP contribution in [-0.4, -0.2) is 12.1 Å². The molecule has 0 radical (unpaired) electrons. The fourth-order valence-corrected chi connectivity index (χ4v) is 1.60. The topological polar surface area (TPSA) is 12.0 Å². The van der Waals surface area contributed by atoms with Crippen LogP contribution in [0.4, 0.5) is 0 Å². The Morgan fingerprint density at radius 2 is 1.62 bits per heavy atom. The van der Waals surface area contributed by atoms with Crippen molar-refractivity contribution >= 4 is 0 Å². The molecule has 1 saturated carbocycles. The molecule has 0 atom stereocenters. The summed E-state index contributed by atoms with van der Waals surface area (Å²) in [6, 6.07) is 0. The van der Waals surface area contributed by atoms with Crippen molar-refractivity contribution in [2.24, 2.45) is 0 Å². The summed E-state index contributed by atoms with van der Waals surface area (Å²) >= 11 is 0. The van der Waals surface area contributed by atoms with E-state index in [-0.39, 0.29) is 0 Å². The van der Waals surface area contributed by atoms with Crippen molar-refractivity contribution in [1.82, 2.24) is 5.32 Å². The first kappa shape index (κ1) is 10.3. The van der Waals surface area contributed by atoms with Crippen LogP contribution in [0.25, 0.3) is 0 Å². The summed E-state index contributed by atoms with van der Waals surface area (Å²) in [4.78, 5) is 0. The lowest BCUT2D eigenvalue weighted by Crippen LogP contribution is -2.22. The Hall–Kier alpha value is -0.820. The molecule has 1 saturated heterocycles. The summed E-state index contributed by atoms with van der Waals surface area (Å²) < 4.78 is 0. The van der Waals surface area contributed by atoms with E-state index in [2.05, 4.69) is 18.5 Å². The first-order valence-electron chi connectivity index (χ1n) is 4.98. The maximum absolute atomic E-state index is 3.51. The molecule has 0 amide bonds. The van der Waals surface area contributed by atoms with Gasteiger partial charge in [-0.15, -0.1) is 0 Å². The minimum atomic E-state index is 0.694. The van der Waals surface area contributed by atoms with Gasteiger partial charge in [0.15, 0.2) is 0 Å². The molecule has 0 aromatic carbocycles. The monoisotopic (exact) mass is 177 g/mol.